The van der Waals surface area contributed by atoms with E-state index in [4.69, 9.17) is 9.47 Å². The molecule has 0 bridgehead atoms. The molecule has 0 aromatic carbocycles. The van der Waals surface area contributed by atoms with Crippen molar-refractivity contribution in [1.29, 1.82) is 0 Å². The van der Waals surface area contributed by atoms with E-state index in [1.807, 2.05) is 17.2 Å². The molecule has 0 N–H and O–H groups in total. The summed E-state index contributed by atoms with van der Waals surface area (Å²) in [5.74, 6) is 0.647. The number of nitrogens with zero attached hydrogens (tertiary/aromatic N) is 2. The molecule has 0 saturated carbocycles. The summed E-state index contributed by atoms with van der Waals surface area (Å²) in [6.07, 6.45) is 6.29. The van der Waals surface area contributed by atoms with Gasteiger partial charge in [-0.2, -0.15) is 0 Å². The second kappa shape index (κ2) is 7.19. The highest BCUT2D eigenvalue weighted by Gasteiger charge is 2.49. The number of hydrogen-bond acceptors (Lipinski definition) is 4. The van der Waals surface area contributed by atoms with E-state index in [1.165, 1.54) is 5.56 Å². The molecule has 2 aliphatic rings. The standard InChI is InChI=1S/C19H28N2O3/c1-14(2)8-18(22)21-12-19(13-21)9-17(5-7-24-19)23-11-16-10-20-6-4-15(16)3/h4,6,10,14,17H,5,7-9,11-13H2,1-3H3/t17-/m1/s1. The second-order valence-electron chi connectivity index (χ2n) is 7.61. The number of carbonyl (C=O) groups is 1. The van der Waals surface area contributed by atoms with E-state index in [0.717, 1.165) is 18.4 Å². The van der Waals surface area contributed by atoms with Crippen LogP contribution in [0.5, 0.6) is 0 Å². The Morgan fingerprint density at radius 3 is 3.00 bits per heavy atom. The minimum absolute atomic E-state index is 0.181. The normalized spacial score (nSPS) is 22.7. The first-order valence-corrected chi connectivity index (χ1v) is 8.90. The molecule has 1 amide bonds. The maximum absolute atomic E-state index is 12.1. The molecule has 0 unspecified atom stereocenters. The third-order valence-electron chi connectivity index (χ3n) is 4.96. The fraction of sp³-hybridized carbons (Fsp3) is 0.684. The number of carbonyl (C=O) groups excluding carboxylic acids is 1. The maximum Gasteiger partial charge on any atom is 0.223 e. The molecule has 1 spiro atoms. The number of likely N-dealkylation sites (tertiary alicyclic amines) is 1. The molecule has 1 atom stereocenters. The average Bonchev–Trinajstić information content (AvgIpc) is 2.51. The molecule has 3 heterocycles. The first kappa shape index (κ1) is 17.4. The van der Waals surface area contributed by atoms with Crippen LogP contribution in [0.15, 0.2) is 18.5 Å². The monoisotopic (exact) mass is 332 g/mol. The zero-order valence-electron chi connectivity index (χ0n) is 15.0. The number of ether oxygens (including phenoxy) is 2. The van der Waals surface area contributed by atoms with E-state index in [0.29, 0.717) is 38.6 Å². The van der Waals surface area contributed by atoms with Crippen molar-refractivity contribution < 1.29 is 14.3 Å². The fourth-order valence-electron chi connectivity index (χ4n) is 3.50. The van der Waals surface area contributed by atoms with Crippen LogP contribution in [-0.2, 0) is 20.9 Å². The Kier molecular flexibility index (Phi) is 5.21. The molecule has 2 saturated heterocycles. The predicted octanol–water partition coefficient (Wildman–Crippen LogP) is 2.71. The van der Waals surface area contributed by atoms with Gasteiger partial charge in [-0.25, -0.2) is 0 Å². The van der Waals surface area contributed by atoms with Crippen molar-refractivity contribution in [3.63, 3.8) is 0 Å². The van der Waals surface area contributed by atoms with Crippen molar-refractivity contribution in [3.8, 4) is 0 Å². The van der Waals surface area contributed by atoms with Crippen LogP contribution in [0.2, 0.25) is 0 Å². The molecule has 1 aromatic heterocycles. The van der Waals surface area contributed by atoms with Gasteiger partial charge in [-0.05, 0) is 36.5 Å². The third-order valence-corrected chi connectivity index (χ3v) is 4.96. The second-order valence-corrected chi connectivity index (χ2v) is 7.61. The predicted molar refractivity (Wildman–Crippen MR) is 91.5 cm³/mol. The highest BCUT2D eigenvalue weighted by Crippen LogP contribution is 2.36. The lowest BCUT2D eigenvalue weighted by Crippen LogP contribution is -2.67. The first-order valence-electron chi connectivity index (χ1n) is 8.90. The van der Waals surface area contributed by atoms with E-state index in [-0.39, 0.29) is 17.6 Å². The van der Waals surface area contributed by atoms with Crippen LogP contribution >= 0.6 is 0 Å². The van der Waals surface area contributed by atoms with Crippen molar-refractivity contribution in [2.24, 2.45) is 5.92 Å². The smallest absolute Gasteiger partial charge is 0.223 e. The molecule has 2 fully saturated rings. The van der Waals surface area contributed by atoms with E-state index in [9.17, 15) is 4.79 Å². The topological polar surface area (TPSA) is 51.7 Å². The summed E-state index contributed by atoms with van der Waals surface area (Å²) in [4.78, 5) is 18.2. The van der Waals surface area contributed by atoms with Crippen LogP contribution in [0.4, 0.5) is 0 Å². The Morgan fingerprint density at radius 2 is 2.29 bits per heavy atom. The van der Waals surface area contributed by atoms with Crippen LogP contribution in [0.3, 0.4) is 0 Å². The fourth-order valence-corrected chi connectivity index (χ4v) is 3.50. The number of amides is 1. The average molecular weight is 332 g/mol. The lowest BCUT2D eigenvalue weighted by atomic mass is 9.84. The van der Waals surface area contributed by atoms with Crippen molar-refractivity contribution >= 4 is 5.91 Å². The maximum atomic E-state index is 12.1. The van der Waals surface area contributed by atoms with E-state index < -0.39 is 0 Å². The van der Waals surface area contributed by atoms with Crippen LogP contribution in [0, 0.1) is 12.8 Å². The van der Waals surface area contributed by atoms with Gasteiger partial charge in [-0.15, -0.1) is 0 Å². The SMILES string of the molecule is Cc1ccncc1CO[C@@H]1CCOC2(C1)CN(C(=O)CC(C)C)C2. The van der Waals surface area contributed by atoms with Gasteiger partial charge in [0.2, 0.25) is 5.91 Å². The molecule has 0 radical (unpaired) electrons. The van der Waals surface area contributed by atoms with Crippen LogP contribution < -0.4 is 0 Å². The molecule has 5 heteroatoms. The van der Waals surface area contributed by atoms with Gasteiger partial charge >= 0.3 is 0 Å². The summed E-state index contributed by atoms with van der Waals surface area (Å²) in [6.45, 7) is 8.97. The van der Waals surface area contributed by atoms with Crippen LogP contribution in [0.1, 0.15) is 44.2 Å². The Bertz CT molecular complexity index is 582. The molecule has 132 valence electrons. The molecule has 2 aliphatic heterocycles. The Balaban J connectivity index is 1.49. The lowest BCUT2D eigenvalue weighted by Gasteiger charge is -2.53. The highest BCUT2D eigenvalue weighted by molar-refractivity contribution is 5.77. The number of aryl methyl sites for hydroxylation is 1. The van der Waals surface area contributed by atoms with Crippen molar-refractivity contribution in [1.82, 2.24) is 9.88 Å². The summed E-state index contributed by atoms with van der Waals surface area (Å²) in [5, 5.41) is 0. The number of pyridine rings is 1. The summed E-state index contributed by atoms with van der Waals surface area (Å²) >= 11 is 0. The van der Waals surface area contributed by atoms with Gasteiger partial charge in [-0.1, -0.05) is 13.8 Å². The van der Waals surface area contributed by atoms with Crippen molar-refractivity contribution in [2.75, 3.05) is 19.7 Å². The zero-order valence-corrected chi connectivity index (χ0v) is 15.0. The van der Waals surface area contributed by atoms with Gasteiger partial charge in [0.1, 0.15) is 5.60 Å². The summed E-state index contributed by atoms with van der Waals surface area (Å²) in [6, 6.07) is 2.01. The van der Waals surface area contributed by atoms with Crippen LogP contribution in [0.25, 0.3) is 0 Å². The van der Waals surface area contributed by atoms with Gasteiger partial charge in [0.15, 0.2) is 0 Å². The Labute approximate surface area is 144 Å². The largest absolute Gasteiger partial charge is 0.373 e. The summed E-state index contributed by atoms with van der Waals surface area (Å²) in [5.41, 5.74) is 2.17. The molecule has 24 heavy (non-hydrogen) atoms. The van der Waals surface area contributed by atoms with Gasteiger partial charge in [0, 0.05) is 31.8 Å². The molecule has 0 aliphatic carbocycles. The Hall–Kier alpha value is -1.46. The molecule has 3 rings (SSSR count). The number of rotatable bonds is 5. The van der Waals surface area contributed by atoms with Gasteiger partial charge in [0.05, 0.1) is 25.8 Å². The first-order chi connectivity index (χ1) is 11.5. The van der Waals surface area contributed by atoms with Crippen molar-refractivity contribution in [2.45, 2.75) is 58.3 Å². The van der Waals surface area contributed by atoms with Gasteiger partial charge < -0.3 is 14.4 Å². The minimum atomic E-state index is -0.181. The van der Waals surface area contributed by atoms with Crippen molar-refractivity contribution in [3.05, 3.63) is 29.6 Å². The molecule has 5 nitrogen and oxygen atoms in total. The Morgan fingerprint density at radius 1 is 1.50 bits per heavy atom. The molecular formula is C19H28N2O3. The van der Waals surface area contributed by atoms with E-state index in [2.05, 4.69) is 25.8 Å². The summed E-state index contributed by atoms with van der Waals surface area (Å²) < 4.78 is 12.1. The highest BCUT2D eigenvalue weighted by atomic mass is 16.5. The number of aromatic nitrogens is 1. The van der Waals surface area contributed by atoms with E-state index >= 15 is 0 Å². The molecular weight excluding hydrogens is 304 g/mol. The van der Waals surface area contributed by atoms with E-state index in [1.54, 1.807) is 6.20 Å². The third kappa shape index (κ3) is 3.95. The lowest BCUT2D eigenvalue weighted by molar-refractivity contribution is -0.202. The quantitative estimate of drug-likeness (QED) is 0.832. The summed E-state index contributed by atoms with van der Waals surface area (Å²) in [7, 11) is 0. The van der Waals surface area contributed by atoms with Gasteiger partial charge in [0.25, 0.3) is 0 Å². The zero-order chi connectivity index (χ0) is 17.2. The number of hydrogen-bond donors (Lipinski definition) is 0. The molecule has 1 aromatic rings. The van der Waals surface area contributed by atoms with Crippen LogP contribution in [-0.4, -0.2) is 47.2 Å². The minimum Gasteiger partial charge on any atom is -0.373 e. The van der Waals surface area contributed by atoms with Gasteiger partial charge in [-0.3, -0.25) is 9.78 Å².